The van der Waals surface area contributed by atoms with Crippen molar-refractivity contribution >= 4 is 23.2 Å². The Kier molecular flexibility index (Phi) is 8.37. The number of halogens is 1. The van der Waals surface area contributed by atoms with Crippen LogP contribution >= 0.6 is 11.6 Å². The number of amides is 1. The van der Waals surface area contributed by atoms with Crippen LogP contribution in [-0.2, 0) is 4.74 Å². The van der Waals surface area contributed by atoms with Gasteiger partial charge in [-0.05, 0) is 68.8 Å². The van der Waals surface area contributed by atoms with Gasteiger partial charge in [-0.3, -0.25) is 9.69 Å². The number of hydrogen-bond acceptors (Lipinski definition) is 6. The van der Waals surface area contributed by atoms with Crippen molar-refractivity contribution < 1.29 is 14.3 Å². The van der Waals surface area contributed by atoms with Crippen molar-refractivity contribution in [2.75, 3.05) is 44.8 Å². The lowest BCUT2D eigenvalue weighted by Crippen LogP contribution is -2.36. The highest BCUT2D eigenvalue weighted by Gasteiger charge is 2.16. The minimum atomic E-state index is -0.302. The molecule has 0 aliphatic carbocycles. The molecule has 1 saturated heterocycles. The molecule has 4 rings (SSSR count). The van der Waals surface area contributed by atoms with Crippen LogP contribution in [-0.4, -0.2) is 60.0 Å². The number of rotatable bonds is 9. The highest BCUT2D eigenvalue weighted by molar-refractivity contribution is 6.30. The lowest BCUT2D eigenvalue weighted by atomic mass is 10.1. The van der Waals surface area contributed by atoms with E-state index >= 15 is 0 Å². The first kappa shape index (κ1) is 24.7. The van der Waals surface area contributed by atoms with Gasteiger partial charge in [-0.25, -0.2) is 4.68 Å². The van der Waals surface area contributed by atoms with Crippen LogP contribution in [0.3, 0.4) is 0 Å². The molecule has 1 aliphatic heterocycles. The molecular weight excluding hydrogens is 466 g/mol. The number of morpholine rings is 1. The number of nitriles is 1. The summed E-state index contributed by atoms with van der Waals surface area (Å²) in [5.41, 5.74) is 2.85. The average molecular weight is 494 g/mol. The van der Waals surface area contributed by atoms with Crippen molar-refractivity contribution in [3.8, 4) is 17.5 Å². The number of aromatic nitrogens is 2. The van der Waals surface area contributed by atoms with Crippen molar-refractivity contribution in [3.05, 3.63) is 70.5 Å². The zero-order valence-corrected chi connectivity index (χ0v) is 20.4. The van der Waals surface area contributed by atoms with Crippen LogP contribution in [0.2, 0.25) is 5.02 Å². The Balaban J connectivity index is 1.33. The summed E-state index contributed by atoms with van der Waals surface area (Å²) < 4.78 is 12.9. The molecular formula is C26H28ClN5O3. The van der Waals surface area contributed by atoms with E-state index in [0.717, 1.165) is 51.4 Å². The summed E-state index contributed by atoms with van der Waals surface area (Å²) in [6.07, 6.45) is 3.45. The first-order chi connectivity index (χ1) is 17.0. The van der Waals surface area contributed by atoms with Gasteiger partial charge in [0.15, 0.2) is 0 Å². The van der Waals surface area contributed by atoms with Gasteiger partial charge in [0, 0.05) is 23.8 Å². The maximum absolute atomic E-state index is 12.9. The zero-order valence-electron chi connectivity index (χ0n) is 19.7. The predicted molar refractivity (Wildman–Crippen MR) is 134 cm³/mol. The first-order valence-corrected chi connectivity index (χ1v) is 12.0. The Labute approximate surface area is 210 Å². The minimum Gasteiger partial charge on any atom is -0.492 e. The van der Waals surface area contributed by atoms with E-state index < -0.39 is 0 Å². The maximum Gasteiger partial charge on any atom is 0.259 e. The summed E-state index contributed by atoms with van der Waals surface area (Å²) in [5, 5.41) is 17.4. The normalized spacial score (nSPS) is 13.9. The monoisotopic (exact) mass is 493 g/mol. The number of hydrogen-bond donors (Lipinski definition) is 1. The van der Waals surface area contributed by atoms with Crippen molar-refractivity contribution in [3.63, 3.8) is 0 Å². The third-order valence-corrected chi connectivity index (χ3v) is 6.17. The van der Waals surface area contributed by atoms with Crippen molar-refractivity contribution in [2.45, 2.75) is 19.8 Å². The first-order valence-electron chi connectivity index (χ1n) is 11.6. The standard InChI is InChI=1S/C26H28ClN5O3/c1-19-24(18-29-32(19)23-7-4-21(27)5-8-23)26(33)30-22-6-9-25(20(16-22)17-28)35-13-3-2-10-31-11-14-34-15-12-31/h4-9,16,18H,2-3,10-15H2,1H3,(H,30,33). The van der Waals surface area contributed by atoms with Crippen LogP contribution in [0.15, 0.2) is 48.7 Å². The number of carbonyl (C=O) groups excluding carboxylic acids is 1. The van der Waals surface area contributed by atoms with E-state index in [2.05, 4.69) is 21.4 Å². The molecule has 182 valence electrons. The Bertz CT molecular complexity index is 1200. The molecule has 9 heteroatoms. The number of ether oxygens (including phenoxy) is 2. The van der Waals surface area contributed by atoms with Gasteiger partial charge in [0.1, 0.15) is 11.8 Å². The Morgan fingerprint density at radius 3 is 2.71 bits per heavy atom. The van der Waals surface area contributed by atoms with Crippen LogP contribution in [0.4, 0.5) is 5.69 Å². The summed E-state index contributed by atoms with van der Waals surface area (Å²) in [6, 6.07) is 14.5. The molecule has 3 aromatic rings. The van der Waals surface area contributed by atoms with E-state index in [9.17, 15) is 10.1 Å². The molecule has 1 fully saturated rings. The van der Waals surface area contributed by atoms with Gasteiger partial charge in [0.2, 0.25) is 0 Å². The minimum absolute atomic E-state index is 0.302. The van der Waals surface area contributed by atoms with Gasteiger partial charge in [-0.1, -0.05) is 11.6 Å². The summed E-state index contributed by atoms with van der Waals surface area (Å²) in [7, 11) is 0. The van der Waals surface area contributed by atoms with E-state index in [4.69, 9.17) is 21.1 Å². The molecule has 35 heavy (non-hydrogen) atoms. The van der Waals surface area contributed by atoms with Gasteiger partial charge >= 0.3 is 0 Å². The number of nitrogens with one attached hydrogen (secondary N) is 1. The number of nitrogens with zero attached hydrogens (tertiary/aromatic N) is 4. The molecule has 0 saturated carbocycles. The van der Waals surface area contributed by atoms with Crippen molar-refractivity contribution in [1.82, 2.24) is 14.7 Å². The third kappa shape index (κ3) is 6.40. The summed E-state index contributed by atoms with van der Waals surface area (Å²) in [4.78, 5) is 15.3. The molecule has 0 bridgehead atoms. The second-order valence-corrected chi connectivity index (χ2v) is 8.75. The molecule has 0 radical (unpaired) electrons. The van der Waals surface area contributed by atoms with Gasteiger partial charge in [-0.2, -0.15) is 10.4 Å². The SMILES string of the molecule is Cc1c(C(=O)Nc2ccc(OCCCCN3CCOCC3)c(C#N)c2)cnn1-c1ccc(Cl)cc1. The highest BCUT2D eigenvalue weighted by Crippen LogP contribution is 2.24. The molecule has 1 aliphatic rings. The molecule has 8 nitrogen and oxygen atoms in total. The van der Waals surface area contributed by atoms with Gasteiger partial charge in [-0.15, -0.1) is 0 Å². The van der Waals surface area contributed by atoms with Crippen LogP contribution in [0.5, 0.6) is 5.75 Å². The number of unbranched alkanes of at least 4 members (excludes halogenated alkanes) is 1. The zero-order chi connectivity index (χ0) is 24.6. The number of anilines is 1. The van der Waals surface area contributed by atoms with Gasteiger partial charge in [0.25, 0.3) is 5.91 Å². The van der Waals surface area contributed by atoms with Crippen LogP contribution < -0.4 is 10.1 Å². The Morgan fingerprint density at radius 1 is 1.20 bits per heavy atom. The molecule has 0 atom stereocenters. The fourth-order valence-corrected chi connectivity index (χ4v) is 4.06. The lowest BCUT2D eigenvalue weighted by Gasteiger charge is -2.26. The molecule has 2 heterocycles. The number of carbonyl (C=O) groups is 1. The molecule has 1 N–H and O–H groups in total. The quantitative estimate of drug-likeness (QED) is 0.443. The van der Waals surface area contributed by atoms with Gasteiger partial charge < -0.3 is 14.8 Å². The Morgan fingerprint density at radius 2 is 1.97 bits per heavy atom. The predicted octanol–water partition coefficient (Wildman–Crippen LogP) is 4.45. The van der Waals surface area contributed by atoms with Crippen LogP contribution in [0.25, 0.3) is 5.69 Å². The molecule has 1 aromatic heterocycles. The van der Waals surface area contributed by atoms with Crippen LogP contribution in [0.1, 0.15) is 34.5 Å². The lowest BCUT2D eigenvalue weighted by molar-refractivity contribution is 0.0368. The summed E-state index contributed by atoms with van der Waals surface area (Å²) in [6.45, 7) is 6.95. The largest absolute Gasteiger partial charge is 0.492 e. The smallest absolute Gasteiger partial charge is 0.259 e. The fraction of sp³-hybridized carbons (Fsp3) is 0.346. The van der Waals surface area contributed by atoms with Crippen molar-refractivity contribution in [1.29, 1.82) is 5.26 Å². The second kappa shape index (κ2) is 11.8. The molecule has 1 amide bonds. The maximum atomic E-state index is 12.9. The van der Waals surface area contributed by atoms with Crippen LogP contribution in [0, 0.1) is 18.3 Å². The summed E-state index contributed by atoms with van der Waals surface area (Å²) in [5.74, 6) is 0.215. The second-order valence-electron chi connectivity index (χ2n) is 8.32. The number of benzene rings is 2. The van der Waals surface area contributed by atoms with E-state index in [1.165, 1.54) is 6.20 Å². The topological polar surface area (TPSA) is 92.4 Å². The highest BCUT2D eigenvalue weighted by atomic mass is 35.5. The molecule has 0 unspecified atom stereocenters. The fourth-order valence-electron chi connectivity index (χ4n) is 3.94. The van der Waals surface area contributed by atoms with E-state index in [-0.39, 0.29) is 5.91 Å². The average Bonchev–Trinajstić information content (AvgIpc) is 3.27. The van der Waals surface area contributed by atoms with E-state index in [1.54, 1.807) is 35.0 Å². The van der Waals surface area contributed by atoms with Gasteiger partial charge in [0.05, 0.1) is 48.5 Å². The summed E-state index contributed by atoms with van der Waals surface area (Å²) >= 11 is 5.96. The molecule has 2 aromatic carbocycles. The Hall–Kier alpha value is -3.38. The third-order valence-electron chi connectivity index (χ3n) is 5.91. The van der Waals surface area contributed by atoms with Crippen molar-refractivity contribution in [2.24, 2.45) is 0 Å². The van der Waals surface area contributed by atoms with E-state index in [1.807, 2.05) is 19.1 Å². The van der Waals surface area contributed by atoms with E-state index in [0.29, 0.717) is 39.9 Å². The molecule has 0 spiro atoms.